The van der Waals surface area contributed by atoms with E-state index < -0.39 is 4.92 Å². The molecule has 1 aromatic heterocycles. The molecule has 166 valence electrons. The van der Waals surface area contributed by atoms with Crippen molar-refractivity contribution in [2.75, 3.05) is 38.2 Å². The Labute approximate surface area is 189 Å². The van der Waals surface area contributed by atoms with Gasteiger partial charge in [0.2, 0.25) is 0 Å². The van der Waals surface area contributed by atoms with Crippen molar-refractivity contribution >= 4 is 28.9 Å². The summed E-state index contributed by atoms with van der Waals surface area (Å²) in [4.78, 5) is 27.3. The van der Waals surface area contributed by atoms with E-state index in [-0.39, 0.29) is 17.3 Å². The molecule has 0 saturated carbocycles. The van der Waals surface area contributed by atoms with Crippen LogP contribution in [0, 0.1) is 17.0 Å². The number of halogens is 1. The highest BCUT2D eigenvalue weighted by Crippen LogP contribution is 2.31. The third-order valence-corrected chi connectivity index (χ3v) is 5.76. The number of benzene rings is 2. The van der Waals surface area contributed by atoms with Crippen LogP contribution < -0.4 is 9.64 Å². The lowest BCUT2D eigenvalue weighted by atomic mass is 10.2. The summed E-state index contributed by atoms with van der Waals surface area (Å²) in [7, 11) is 1.58. The van der Waals surface area contributed by atoms with Crippen molar-refractivity contribution in [3.8, 4) is 11.4 Å². The maximum Gasteiger partial charge on any atom is 0.276 e. The molecule has 0 radical (unpaired) electrons. The number of rotatable bonds is 5. The first kappa shape index (κ1) is 21.6. The Morgan fingerprint density at radius 1 is 1.12 bits per heavy atom. The van der Waals surface area contributed by atoms with Gasteiger partial charge in [-0.25, -0.2) is 4.68 Å². The molecule has 1 fully saturated rings. The van der Waals surface area contributed by atoms with Crippen molar-refractivity contribution in [2.24, 2.45) is 0 Å². The van der Waals surface area contributed by atoms with Crippen LogP contribution in [0.4, 0.5) is 11.4 Å². The number of carbonyl (C=O) groups is 1. The molecule has 0 unspecified atom stereocenters. The van der Waals surface area contributed by atoms with Crippen molar-refractivity contribution in [2.45, 2.75) is 6.92 Å². The Morgan fingerprint density at radius 2 is 1.84 bits per heavy atom. The SMILES string of the molecule is COc1ccccc1-n1nnc(C(=O)N2CCN(c3ccc([N+](=O)[O-])cc3Cl)CC2)c1C. The first-order valence-corrected chi connectivity index (χ1v) is 10.3. The number of non-ortho nitro benzene ring substituents is 1. The molecule has 0 atom stereocenters. The molecule has 32 heavy (non-hydrogen) atoms. The monoisotopic (exact) mass is 456 g/mol. The van der Waals surface area contributed by atoms with E-state index in [4.69, 9.17) is 16.3 Å². The lowest BCUT2D eigenvalue weighted by molar-refractivity contribution is -0.384. The summed E-state index contributed by atoms with van der Waals surface area (Å²) in [6, 6.07) is 11.8. The topological polar surface area (TPSA) is 107 Å². The van der Waals surface area contributed by atoms with Crippen LogP contribution in [0.15, 0.2) is 42.5 Å². The molecular weight excluding hydrogens is 436 g/mol. The summed E-state index contributed by atoms with van der Waals surface area (Å²) >= 11 is 6.25. The van der Waals surface area contributed by atoms with E-state index in [0.29, 0.717) is 54.0 Å². The van der Waals surface area contributed by atoms with E-state index in [9.17, 15) is 14.9 Å². The van der Waals surface area contributed by atoms with E-state index >= 15 is 0 Å². The number of nitrogens with zero attached hydrogens (tertiary/aromatic N) is 6. The second kappa shape index (κ2) is 8.83. The number of hydrogen-bond donors (Lipinski definition) is 0. The second-order valence-electron chi connectivity index (χ2n) is 7.28. The fraction of sp³-hybridized carbons (Fsp3) is 0.286. The molecule has 0 spiro atoms. The van der Waals surface area contributed by atoms with Gasteiger partial charge < -0.3 is 14.5 Å². The van der Waals surface area contributed by atoms with Gasteiger partial charge >= 0.3 is 0 Å². The number of nitro groups is 1. The van der Waals surface area contributed by atoms with Crippen LogP contribution >= 0.6 is 11.6 Å². The molecule has 4 rings (SSSR count). The van der Waals surface area contributed by atoms with E-state index in [1.54, 1.807) is 29.7 Å². The third kappa shape index (κ3) is 3.96. The normalized spacial score (nSPS) is 13.8. The zero-order valence-corrected chi connectivity index (χ0v) is 18.3. The fourth-order valence-corrected chi connectivity index (χ4v) is 4.02. The van der Waals surface area contributed by atoms with Gasteiger partial charge in [-0.05, 0) is 25.1 Å². The first-order chi connectivity index (χ1) is 15.4. The predicted octanol–water partition coefficient (Wildman–Crippen LogP) is 3.11. The first-order valence-electron chi connectivity index (χ1n) is 9.94. The molecule has 10 nitrogen and oxygen atoms in total. The van der Waals surface area contributed by atoms with Crippen LogP contribution in [0.25, 0.3) is 5.69 Å². The number of anilines is 1. The van der Waals surface area contributed by atoms with Gasteiger partial charge in [0.25, 0.3) is 11.6 Å². The number of para-hydroxylation sites is 2. The van der Waals surface area contributed by atoms with Crippen LogP contribution in [0.2, 0.25) is 5.02 Å². The van der Waals surface area contributed by atoms with Crippen LogP contribution in [0.5, 0.6) is 5.75 Å². The number of carbonyl (C=O) groups excluding carboxylic acids is 1. The maximum atomic E-state index is 13.1. The molecule has 2 aromatic carbocycles. The number of methoxy groups -OCH3 is 1. The molecule has 1 amide bonds. The van der Waals surface area contributed by atoms with Gasteiger partial charge in [-0.1, -0.05) is 28.9 Å². The minimum absolute atomic E-state index is 0.0545. The Balaban J connectivity index is 1.48. The number of ether oxygens (including phenoxy) is 1. The molecule has 1 aliphatic heterocycles. The number of amides is 1. The van der Waals surface area contributed by atoms with Gasteiger partial charge in [0, 0.05) is 38.3 Å². The van der Waals surface area contributed by atoms with Gasteiger partial charge in [-0.15, -0.1) is 5.10 Å². The van der Waals surface area contributed by atoms with E-state index in [0.717, 1.165) is 0 Å². The molecule has 0 bridgehead atoms. The van der Waals surface area contributed by atoms with Crippen LogP contribution in [-0.4, -0.2) is 64.0 Å². The van der Waals surface area contributed by atoms with Crippen molar-refractivity contribution < 1.29 is 14.5 Å². The Bertz CT molecular complexity index is 1170. The quantitative estimate of drug-likeness (QED) is 0.429. The number of piperazine rings is 1. The molecule has 11 heteroatoms. The number of hydrogen-bond acceptors (Lipinski definition) is 7. The molecular formula is C21H21ClN6O4. The number of nitro benzene ring substituents is 1. The predicted molar refractivity (Wildman–Crippen MR) is 119 cm³/mol. The number of aromatic nitrogens is 3. The minimum atomic E-state index is -0.479. The van der Waals surface area contributed by atoms with E-state index in [1.807, 2.05) is 29.2 Å². The average molecular weight is 457 g/mol. The van der Waals surface area contributed by atoms with Crippen LogP contribution in [0.1, 0.15) is 16.2 Å². The Kier molecular flexibility index (Phi) is 5.95. The molecule has 1 aliphatic rings. The van der Waals surface area contributed by atoms with Crippen molar-refractivity contribution in [3.05, 3.63) is 69.0 Å². The summed E-state index contributed by atoms with van der Waals surface area (Å²) < 4.78 is 6.98. The maximum absolute atomic E-state index is 13.1. The smallest absolute Gasteiger partial charge is 0.276 e. The van der Waals surface area contributed by atoms with Crippen molar-refractivity contribution in [1.29, 1.82) is 0 Å². The lowest BCUT2D eigenvalue weighted by Gasteiger charge is -2.36. The highest BCUT2D eigenvalue weighted by molar-refractivity contribution is 6.33. The summed E-state index contributed by atoms with van der Waals surface area (Å²) in [5.74, 6) is 0.436. The largest absolute Gasteiger partial charge is 0.494 e. The highest BCUT2D eigenvalue weighted by Gasteiger charge is 2.28. The van der Waals surface area contributed by atoms with Gasteiger partial charge in [-0.3, -0.25) is 14.9 Å². The van der Waals surface area contributed by atoms with E-state index in [1.165, 1.54) is 12.1 Å². The summed E-state index contributed by atoms with van der Waals surface area (Å²) in [5.41, 5.74) is 2.28. The summed E-state index contributed by atoms with van der Waals surface area (Å²) in [5, 5.41) is 19.5. The molecule has 0 aliphatic carbocycles. The third-order valence-electron chi connectivity index (χ3n) is 5.46. The lowest BCUT2D eigenvalue weighted by Crippen LogP contribution is -2.49. The Hall–Kier alpha value is -3.66. The van der Waals surface area contributed by atoms with Crippen LogP contribution in [-0.2, 0) is 0 Å². The van der Waals surface area contributed by atoms with Crippen molar-refractivity contribution in [1.82, 2.24) is 19.9 Å². The van der Waals surface area contributed by atoms with Crippen LogP contribution in [0.3, 0.4) is 0 Å². The zero-order valence-electron chi connectivity index (χ0n) is 17.6. The van der Waals surface area contributed by atoms with Gasteiger partial charge in [0.15, 0.2) is 5.69 Å². The Morgan fingerprint density at radius 3 is 2.50 bits per heavy atom. The van der Waals surface area contributed by atoms with Gasteiger partial charge in [0.1, 0.15) is 11.4 Å². The average Bonchev–Trinajstić information content (AvgIpc) is 3.19. The zero-order chi connectivity index (χ0) is 22.8. The molecule has 1 saturated heterocycles. The highest BCUT2D eigenvalue weighted by atomic mass is 35.5. The second-order valence-corrected chi connectivity index (χ2v) is 7.69. The van der Waals surface area contributed by atoms with Gasteiger partial charge in [0.05, 0.1) is 28.4 Å². The molecule has 0 N–H and O–H groups in total. The fourth-order valence-electron chi connectivity index (χ4n) is 3.73. The van der Waals surface area contributed by atoms with Crippen molar-refractivity contribution in [3.63, 3.8) is 0 Å². The summed E-state index contributed by atoms with van der Waals surface area (Å²) in [6.45, 7) is 3.82. The molecule has 3 aromatic rings. The standard InChI is InChI=1S/C21H21ClN6O4/c1-14-20(23-24-27(14)18-5-3-4-6-19(18)32-2)21(29)26-11-9-25(10-12-26)17-8-7-15(28(30)31)13-16(17)22/h3-8,13H,9-12H2,1-2H3. The summed E-state index contributed by atoms with van der Waals surface area (Å²) in [6.07, 6.45) is 0. The molecule has 2 heterocycles. The van der Waals surface area contributed by atoms with Gasteiger partial charge in [-0.2, -0.15) is 0 Å². The van der Waals surface area contributed by atoms with E-state index in [2.05, 4.69) is 10.3 Å². The minimum Gasteiger partial charge on any atom is -0.494 e.